The number of nitrogens with one attached hydrogen (secondary N) is 2. The first-order valence-corrected chi connectivity index (χ1v) is 9.88. The van der Waals surface area contributed by atoms with Gasteiger partial charge in [-0.3, -0.25) is 4.79 Å². The summed E-state index contributed by atoms with van der Waals surface area (Å²) in [4.78, 5) is 24.9. The van der Waals surface area contributed by atoms with Crippen LogP contribution in [0.15, 0.2) is 36.5 Å². The van der Waals surface area contributed by atoms with E-state index in [1.165, 1.54) is 0 Å². The Labute approximate surface area is 168 Å². The molecule has 3 aromatic rings. The summed E-state index contributed by atoms with van der Waals surface area (Å²) in [7, 11) is 0. The Balaban J connectivity index is 1.30. The van der Waals surface area contributed by atoms with E-state index in [1.807, 2.05) is 41.4 Å². The van der Waals surface area contributed by atoms with Gasteiger partial charge in [0.2, 0.25) is 6.79 Å². The number of hydrogen-bond donors (Lipinski definition) is 2. The number of hydrogen-bond acceptors (Lipinski definition) is 6. The molecule has 8 nitrogen and oxygen atoms in total. The molecule has 2 aliphatic rings. The topological polar surface area (TPSA) is 82.7 Å². The second kappa shape index (κ2) is 7.20. The third-order valence-corrected chi connectivity index (χ3v) is 5.36. The van der Waals surface area contributed by atoms with E-state index in [1.54, 1.807) is 0 Å². The zero-order valence-electron chi connectivity index (χ0n) is 16.3. The lowest BCUT2D eigenvalue weighted by Gasteiger charge is -2.36. The van der Waals surface area contributed by atoms with Crippen LogP contribution < -0.4 is 19.7 Å². The fourth-order valence-corrected chi connectivity index (χ4v) is 3.91. The highest BCUT2D eigenvalue weighted by atomic mass is 16.7. The Morgan fingerprint density at radius 2 is 1.97 bits per heavy atom. The van der Waals surface area contributed by atoms with Crippen molar-refractivity contribution in [2.75, 3.05) is 49.7 Å². The standard InChI is InChI=1S/C21H23N5O3/c1-2-22-15-4-3-5-23-20(15)25-6-8-26(9-7-25)21(27)17-10-14-11-18-19(29-13-28-18)12-16(14)24-17/h3-5,10-12,22,24H,2,6-9,13H2,1H3. The van der Waals surface area contributed by atoms with E-state index in [0.29, 0.717) is 24.5 Å². The monoisotopic (exact) mass is 393 g/mol. The first-order chi connectivity index (χ1) is 14.2. The average molecular weight is 393 g/mol. The summed E-state index contributed by atoms with van der Waals surface area (Å²) in [6, 6.07) is 9.65. The molecule has 5 rings (SSSR count). The number of nitrogens with zero attached hydrogens (tertiary/aromatic N) is 3. The summed E-state index contributed by atoms with van der Waals surface area (Å²) in [6.07, 6.45) is 1.81. The Morgan fingerprint density at radius 1 is 1.17 bits per heavy atom. The molecular weight excluding hydrogens is 370 g/mol. The summed E-state index contributed by atoms with van der Waals surface area (Å²) >= 11 is 0. The van der Waals surface area contributed by atoms with E-state index in [4.69, 9.17) is 9.47 Å². The van der Waals surface area contributed by atoms with Crippen molar-refractivity contribution in [1.82, 2.24) is 14.9 Å². The summed E-state index contributed by atoms with van der Waals surface area (Å²) < 4.78 is 10.8. The minimum Gasteiger partial charge on any atom is -0.454 e. The van der Waals surface area contributed by atoms with E-state index in [2.05, 4.69) is 27.1 Å². The number of benzene rings is 1. The van der Waals surface area contributed by atoms with Crippen molar-refractivity contribution in [2.24, 2.45) is 0 Å². The lowest BCUT2D eigenvalue weighted by Crippen LogP contribution is -2.49. The van der Waals surface area contributed by atoms with Gasteiger partial charge < -0.3 is 29.6 Å². The zero-order chi connectivity index (χ0) is 19.8. The Hall–Kier alpha value is -3.42. The SMILES string of the molecule is CCNc1cccnc1N1CCN(C(=O)c2cc3cc4c(cc3[nH]2)OCO4)CC1. The van der Waals surface area contributed by atoms with Gasteiger partial charge in [-0.15, -0.1) is 0 Å². The second-order valence-electron chi connectivity index (χ2n) is 7.16. The van der Waals surface area contributed by atoms with E-state index >= 15 is 0 Å². The van der Waals surface area contributed by atoms with Crippen LogP contribution in [0.5, 0.6) is 11.5 Å². The normalized spacial score (nSPS) is 15.8. The summed E-state index contributed by atoms with van der Waals surface area (Å²) in [5, 5.41) is 4.30. The van der Waals surface area contributed by atoms with Crippen molar-refractivity contribution < 1.29 is 14.3 Å². The minimum absolute atomic E-state index is 0.00998. The van der Waals surface area contributed by atoms with Crippen LogP contribution in [-0.2, 0) is 0 Å². The van der Waals surface area contributed by atoms with E-state index in [9.17, 15) is 4.79 Å². The number of fused-ring (bicyclic) bond motifs is 2. The van der Waals surface area contributed by atoms with E-state index < -0.39 is 0 Å². The van der Waals surface area contributed by atoms with Crippen molar-refractivity contribution >= 4 is 28.3 Å². The molecule has 0 spiro atoms. The molecule has 0 bridgehead atoms. The number of piperazine rings is 1. The van der Waals surface area contributed by atoms with Crippen molar-refractivity contribution in [3.8, 4) is 11.5 Å². The third kappa shape index (κ3) is 3.20. The van der Waals surface area contributed by atoms with Crippen molar-refractivity contribution in [2.45, 2.75) is 6.92 Å². The summed E-state index contributed by atoms with van der Waals surface area (Å²) in [6.45, 7) is 5.95. The van der Waals surface area contributed by atoms with Gasteiger partial charge in [-0.2, -0.15) is 0 Å². The molecule has 1 fully saturated rings. The highest BCUT2D eigenvalue weighted by Gasteiger charge is 2.25. The molecule has 8 heteroatoms. The fourth-order valence-electron chi connectivity index (χ4n) is 3.91. The molecule has 1 aromatic carbocycles. The predicted octanol–water partition coefficient (Wildman–Crippen LogP) is 2.69. The number of amides is 1. The largest absolute Gasteiger partial charge is 0.454 e. The van der Waals surface area contributed by atoms with Crippen LogP contribution >= 0.6 is 0 Å². The Morgan fingerprint density at radius 3 is 2.76 bits per heavy atom. The molecule has 4 heterocycles. The fraction of sp³-hybridized carbons (Fsp3) is 0.333. The number of ether oxygens (including phenoxy) is 2. The first kappa shape index (κ1) is 17.7. The molecule has 0 radical (unpaired) electrons. The Bertz CT molecular complexity index is 1010. The molecule has 1 amide bonds. The minimum atomic E-state index is 0.00998. The van der Waals surface area contributed by atoms with Crippen molar-refractivity contribution in [1.29, 1.82) is 0 Å². The molecule has 2 aliphatic heterocycles. The second-order valence-corrected chi connectivity index (χ2v) is 7.16. The smallest absolute Gasteiger partial charge is 0.270 e. The predicted molar refractivity (Wildman–Crippen MR) is 111 cm³/mol. The van der Waals surface area contributed by atoms with Crippen LogP contribution in [0.1, 0.15) is 17.4 Å². The van der Waals surface area contributed by atoms with Crippen molar-refractivity contribution in [3.05, 3.63) is 42.2 Å². The molecule has 0 saturated carbocycles. The zero-order valence-corrected chi connectivity index (χ0v) is 16.3. The van der Waals surface area contributed by atoms with Gasteiger partial charge in [0, 0.05) is 55.9 Å². The molecule has 0 unspecified atom stereocenters. The third-order valence-electron chi connectivity index (χ3n) is 5.36. The number of H-pyrrole nitrogens is 1. The number of carbonyl (C=O) groups is 1. The van der Waals surface area contributed by atoms with E-state index in [-0.39, 0.29) is 12.7 Å². The van der Waals surface area contributed by atoms with Gasteiger partial charge in [-0.05, 0) is 31.2 Å². The van der Waals surface area contributed by atoms with Gasteiger partial charge in [-0.1, -0.05) is 0 Å². The van der Waals surface area contributed by atoms with Gasteiger partial charge in [0.15, 0.2) is 17.3 Å². The molecule has 0 aliphatic carbocycles. The van der Waals surface area contributed by atoms with Gasteiger partial charge in [0.05, 0.1) is 5.69 Å². The number of aromatic nitrogens is 2. The molecule has 1 saturated heterocycles. The van der Waals surface area contributed by atoms with Crippen LogP contribution in [0.3, 0.4) is 0 Å². The van der Waals surface area contributed by atoms with E-state index in [0.717, 1.165) is 47.8 Å². The Kier molecular flexibility index (Phi) is 4.38. The number of pyridine rings is 1. The van der Waals surface area contributed by atoms with Gasteiger partial charge in [-0.25, -0.2) is 4.98 Å². The highest BCUT2D eigenvalue weighted by Crippen LogP contribution is 2.36. The number of anilines is 2. The lowest BCUT2D eigenvalue weighted by atomic mass is 10.2. The molecule has 29 heavy (non-hydrogen) atoms. The summed E-state index contributed by atoms with van der Waals surface area (Å²) in [5.74, 6) is 2.38. The summed E-state index contributed by atoms with van der Waals surface area (Å²) in [5.41, 5.74) is 2.49. The molecule has 2 aromatic heterocycles. The average Bonchev–Trinajstić information content (AvgIpc) is 3.38. The quantitative estimate of drug-likeness (QED) is 0.709. The maximum absolute atomic E-state index is 13.0. The number of aromatic amines is 1. The molecule has 150 valence electrons. The maximum atomic E-state index is 13.0. The van der Waals surface area contributed by atoms with Crippen LogP contribution in [0.25, 0.3) is 10.9 Å². The first-order valence-electron chi connectivity index (χ1n) is 9.88. The highest BCUT2D eigenvalue weighted by molar-refractivity contribution is 5.99. The van der Waals surface area contributed by atoms with Crippen LogP contribution in [0, 0.1) is 0 Å². The molecule has 2 N–H and O–H groups in total. The van der Waals surface area contributed by atoms with Gasteiger partial charge >= 0.3 is 0 Å². The van der Waals surface area contributed by atoms with Crippen LogP contribution in [-0.4, -0.2) is 60.3 Å². The number of carbonyl (C=O) groups excluding carboxylic acids is 1. The number of rotatable bonds is 4. The molecule has 0 atom stereocenters. The lowest BCUT2D eigenvalue weighted by molar-refractivity contribution is 0.0741. The van der Waals surface area contributed by atoms with Crippen LogP contribution in [0.2, 0.25) is 0 Å². The van der Waals surface area contributed by atoms with Crippen molar-refractivity contribution in [3.63, 3.8) is 0 Å². The van der Waals surface area contributed by atoms with Gasteiger partial charge in [0.1, 0.15) is 5.69 Å². The maximum Gasteiger partial charge on any atom is 0.270 e. The van der Waals surface area contributed by atoms with Gasteiger partial charge in [0.25, 0.3) is 5.91 Å². The van der Waals surface area contributed by atoms with Crippen LogP contribution in [0.4, 0.5) is 11.5 Å². The molecular formula is C21H23N5O3.